The van der Waals surface area contributed by atoms with Crippen molar-refractivity contribution in [1.29, 1.82) is 0 Å². The number of nitrogens with zero attached hydrogens (tertiary/aromatic N) is 1. The lowest BCUT2D eigenvalue weighted by Gasteiger charge is -2.37. The fourth-order valence-corrected chi connectivity index (χ4v) is 4.28. The van der Waals surface area contributed by atoms with Crippen LogP contribution in [0.1, 0.15) is 33.1 Å². The van der Waals surface area contributed by atoms with E-state index < -0.39 is 5.97 Å². The van der Waals surface area contributed by atoms with E-state index >= 15 is 0 Å². The van der Waals surface area contributed by atoms with Crippen LogP contribution in [-0.4, -0.2) is 51.3 Å². The molecule has 7 heteroatoms. The molecule has 0 aromatic heterocycles. The van der Waals surface area contributed by atoms with Crippen molar-refractivity contribution in [1.82, 2.24) is 4.90 Å². The van der Waals surface area contributed by atoms with Crippen molar-refractivity contribution >= 4 is 18.0 Å². The summed E-state index contributed by atoms with van der Waals surface area (Å²) >= 11 is 0. The zero-order chi connectivity index (χ0) is 25.5. The van der Waals surface area contributed by atoms with Crippen LogP contribution in [0.5, 0.6) is 17.2 Å². The molecule has 0 fully saturated rings. The third-order valence-electron chi connectivity index (χ3n) is 6.19. The Hall–Kier alpha value is -4.26. The highest BCUT2D eigenvalue weighted by Crippen LogP contribution is 2.38. The van der Waals surface area contributed by atoms with E-state index in [2.05, 4.69) is 0 Å². The molecule has 1 unspecified atom stereocenters. The van der Waals surface area contributed by atoms with Gasteiger partial charge in [-0.15, -0.1) is 0 Å². The van der Waals surface area contributed by atoms with Crippen LogP contribution in [0.2, 0.25) is 0 Å². The summed E-state index contributed by atoms with van der Waals surface area (Å²) in [5, 5.41) is 0. The van der Waals surface area contributed by atoms with Crippen molar-refractivity contribution < 1.29 is 28.5 Å². The van der Waals surface area contributed by atoms with E-state index in [1.54, 1.807) is 44.6 Å². The van der Waals surface area contributed by atoms with Crippen molar-refractivity contribution in [2.24, 2.45) is 0 Å². The minimum Gasteiger partial charge on any atom is -0.493 e. The summed E-state index contributed by atoms with van der Waals surface area (Å²) in [6.07, 6.45) is 4.10. The smallest absolute Gasteiger partial charge is 0.337 e. The summed E-state index contributed by atoms with van der Waals surface area (Å²) in [7, 11) is 4.54. The number of fused-ring (bicyclic) bond motifs is 1. The number of hydrogen-bond acceptors (Lipinski definition) is 6. The zero-order valence-corrected chi connectivity index (χ0v) is 20.6. The molecule has 0 spiro atoms. The maximum Gasteiger partial charge on any atom is 0.337 e. The molecule has 1 atom stereocenters. The van der Waals surface area contributed by atoms with Crippen LogP contribution >= 0.6 is 0 Å². The Morgan fingerprint density at radius 3 is 2.31 bits per heavy atom. The largest absolute Gasteiger partial charge is 0.493 e. The van der Waals surface area contributed by atoms with Gasteiger partial charge in [-0.05, 0) is 65.6 Å². The maximum absolute atomic E-state index is 13.3. The van der Waals surface area contributed by atoms with Gasteiger partial charge in [-0.2, -0.15) is 0 Å². The Morgan fingerprint density at radius 1 is 0.944 bits per heavy atom. The minimum absolute atomic E-state index is 0.103. The molecule has 3 aromatic rings. The van der Waals surface area contributed by atoms with Crippen LogP contribution in [0.4, 0.5) is 0 Å². The number of carbonyl (C=O) groups excluding carboxylic acids is 2. The molecule has 186 valence electrons. The molecule has 0 saturated carbocycles. The predicted octanol–water partition coefficient (Wildman–Crippen LogP) is 4.71. The first-order valence-electron chi connectivity index (χ1n) is 11.6. The highest BCUT2D eigenvalue weighted by atomic mass is 16.5. The normalized spacial score (nSPS) is 14.8. The average Bonchev–Trinajstić information content (AvgIpc) is 2.94. The Kier molecular flexibility index (Phi) is 7.90. The summed E-state index contributed by atoms with van der Waals surface area (Å²) in [5.74, 6) is 1.32. The lowest BCUT2D eigenvalue weighted by Crippen LogP contribution is -2.41. The fourth-order valence-electron chi connectivity index (χ4n) is 4.28. The number of amides is 1. The minimum atomic E-state index is -0.411. The van der Waals surface area contributed by atoms with E-state index in [1.807, 2.05) is 53.4 Å². The Bertz CT molecular complexity index is 1240. The first-order valence-corrected chi connectivity index (χ1v) is 11.6. The molecular weight excluding hydrogens is 458 g/mol. The molecule has 36 heavy (non-hydrogen) atoms. The summed E-state index contributed by atoms with van der Waals surface area (Å²) < 4.78 is 21.9. The van der Waals surface area contributed by atoms with Gasteiger partial charge in [0.1, 0.15) is 12.4 Å². The van der Waals surface area contributed by atoms with Crippen LogP contribution in [0.25, 0.3) is 6.08 Å². The van der Waals surface area contributed by atoms with Gasteiger partial charge in [0.15, 0.2) is 11.5 Å². The number of methoxy groups -OCH3 is 3. The molecule has 1 aliphatic rings. The predicted molar refractivity (Wildman–Crippen MR) is 136 cm³/mol. The van der Waals surface area contributed by atoms with Crippen LogP contribution < -0.4 is 14.2 Å². The van der Waals surface area contributed by atoms with Gasteiger partial charge in [0.25, 0.3) is 0 Å². The molecule has 7 nitrogen and oxygen atoms in total. The van der Waals surface area contributed by atoms with E-state index in [1.165, 1.54) is 7.11 Å². The maximum atomic E-state index is 13.3. The quantitative estimate of drug-likeness (QED) is 0.339. The standard InChI is InChI=1S/C29H29NO6/c1-33-26-17-22-15-16-30(28(31)14-9-20-7-5-4-6-8-20)25(24(22)18-27(26)34-2)19-36-23-12-10-21(11-13-23)29(32)35-3/h4-14,17-18,25H,15-16,19H2,1-3H3. The number of ether oxygens (including phenoxy) is 4. The number of benzene rings is 3. The van der Waals surface area contributed by atoms with Gasteiger partial charge in [0, 0.05) is 12.6 Å². The summed E-state index contributed by atoms with van der Waals surface area (Å²) in [5.41, 5.74) is 3.42. The lowest BCUT2D eigenvalue weighted by molar-refractivity contribution is -0.129. The number of rotatable bonds is 8. The van der Waals surface area contributed by atoms with Gasteiger partial charge < -0.3 is 23.8 Å². The van der Waals surface area contributed by atoms with Gasteiger partial charge in [0.2, 0.25) is 5.91 Å². The third-order valence-corrected chi connectivity index (χ3v) is 6.19. The molecule has 0 N–H and O–H groups in total. The van der Waals surface area contributed by atoms with Crippen LogP contribution in [0, 0.1) is 0 Å². The molecule has 1 heterocycles. The van der Waals surface area contributed by atoms with E-state index in [9.17, 15) is 9.59 Å². The number of esters is 1. The van der Waals surface area contributed by atoms with Crippen LogP contribution in [0.15, 0.2) is 72.8 Å². The molecule has 0 bridgehead atoms. The lowest BCUT2D eigenvalue weighted by atomic mass is 9.92. The van der Waals surface area contributed by atoms with Crippen LogP contribution in [-0.2, 0) is 16.0 Å². The van der Waals surface area contributed by atoms with E-state index in [0.717, 1.165) is 16.7 Å². The van der Waals surface area contributed by atoms with E-state index in [0.29, 0.717) is 35.8 Å². The highest BCUT2D eigenvalue weighted by Gasteiger charge is 2.32. The second-order valence-electron chi connectivity index (χ2n) is 8.27. The first kappa shape index (κ1) is 24.9. The Balaban J connectivity index is 1.61. The topological polar surface area (TPSA) is 74.3 Å². The molecule has 1 amide bonds. The van der Waals surface area contributed by atoms with Crippen molar-refractivity contribution in [2.75, 3.05) is 34.5 Å². The molecule has 1 aliphatic heterocycles. The fraction of sp³-hybridized carbons (Fsp3) is 0.241. The summed E-state index contributed by atoms with van der Waals surface area (Å²) in [6.45, 7) is 0.765. The zero-order valence-electron chi connectivity index (χ0n) is 20.6. The van der Waals surface area contributed by atoms with Gasteiger partial charge >= 0.3 is 5.97 Å². The van der Waals surface area contributed by atoms with Crippen molar-refractivity contribution in [3.8, 4) is 17.2 Å². The number of hydrogen-bond donors (Lipinski definition) is 0. The Labute approximate surface area is 210 Å². The second kappa shape index (κ2) is 11.4. The monoisotopic (exact) mass is 487 g/mol. The van der Waals surface area contributed by atoms with Crippen molar-refractivity contribution in [3.05, 3.63) is 95.1 Å². The molecule has 4 rings (SSSR count). The molecule has 0 aliphatic carbocycles. The number of carbonyl (C=O) groups is 2. The third kappa shape index (κ3) is 5.51. The van der Waals surface area contributed by atoms with Crippen molar-refractivity contribution in [3.63, 3.8) is 0 Å². The molecule has 0 saturated heterocycles. The molecule has 3 aromatic carbocycles. The molecule has 0 radical (unpaired) electrons. The van der Waals surface area contributed by atoms with Gasteiger partial charge in [-0.1, -0.05) is 30.3 Å². The SMILES string of the molecule is COC(=O)c1ccc(OCC2c3cc(OC)c(OC)cc3CCN2C(=O)C=Cc2ccccc2)cc1. The van der Waals surface area contributed by atoms with Crippen LogP contribution in [0.3, 0.4) is 0 Å². The Morgan fingerprint density at radius 2 is 1.64 bits per heavy atom. The van der Waals surface area contributed by atoms with Gasteiger partial charge in [0.05, 0.1) is 32.9 Å². The van der Waals surface area contributed by atoms with Crippen molar-refractivity contribution in [2.45, 2.75) is 12.5 Å². The first-order chi connectivity index (χ1) is 17.5. The van der Waals surface area contributed by atoms with Gasteiger partial charge in [-0.3, -0.25) is 4.79 Å². The highest BCUT2D eigenvalue weighted by molar-refractivity contribution is 5.92. The summed E-state index contributed by atoms with van der Waals surface area (Å²) in [6, 6.07) is 20.0. The average molecular weight is 488 g/mol. The van der Waals surface area contributed by atoms with E-state index in [-0.39, 0.29) is 18.6 Å². The van der Waals surface area contributed by atoms with Gasteiger partial charge in [-0.25, -0.2) is 4.79 Å². The summed E-state index contributed by atoms with van der Waals surface area (Å²) in [4.78, 5) is 26.9. The second-order valence-corrected chi connectivity index (χ2v) is 8.27. The molecular formula is C29H29NO6. The van der Waals surface area contributed by atoms with E-state index in [4.69, 9.17) is 18.9 Å².